The van der Waals surface area contributed by atoms with E-state index in [9.17, 15) is 13.7 Å². The normalized spacial score (nSPS) is 32.8. The van der Waals surface area contributed by atoms with Gasteiger partial charge in [-0.15, -0.1) is 0 Å². The molecule has 2 saturated heterocycles. The van der Waals surface area contributed by atoms with E-state index < -0.39 is 30.6 Å². The molecule has 3 atom stereocenters. The topological polar surface area (TPSA) is 53.5 Å². The summed E-state index contributed by atoms with van der Waals surface area (Å²) < 4.78 is 33.1. The van der Waals surface area contributed by atoms with E-state index in [0.29, 0.717) is 13.0 Å². The molecule has 1 aromatic rings. The lowest BCUT2D eigenvalue weighted by atomic mass is 9.75. The van der Waals surface area contributed by atoms with Gasteiger partial charge in [-0.1, -0.05) is 19.9 Å². The molecule has 23 heavy (non-hydrogen) atoms. The number of nitrogens with one attached hydrogen (secondary N) is 2. The average molecular weight is 362 g/mol. The molecule has 0 spiro atoms. The first-order valence-corrected chi connectivity index (χ1v) is 9.20. The molecular formula is C15H21F2N2O2PS. The first-order valence-electron chi connectivity index (χ1n) is 7.50. The van der Waals surface area contributed by atoms with Crippen LogP contribution in [0.2, 0.25) is 0 Å². The van der Waals surface area contributed by atoms with Gasteiger partial charge in [-0.05, 0) is 31.6 Å². The zero-order valence-corrected chi connectivity index (χ0v) is 15.0. The van der Waals surface area contributed by atoms with Gasteiger partial charge >= 0.3 is 0 Å². The molecule has 3 unspecified atom stereocenters. The van der Waals surface area contributed by atoms with Crippen LogP contribution in [0.15, 0.2) is 18.2 Å². The Morgan fingerprint density at radius 3 is 2.70 bits per heavy atom. The number of benzene rings is 1. The Kier molecular flexibility index (Phi) is 5.56. The van der Waals surface area contributed by atoms with Crippen LogP contribution < -0.4 is 10.4 Å². The minimum Gasteiger partial charge on any atom is -0.379 e. The van der Waals surface area contributed by atoms with E-state index >= 15 is 0 Å². The third-order valence-corrected chi connectivity index (χ3v) is 6.70. The van der Waals surface area contributed by atoms with Crippen LogP contribution in [0.25, 0.3) is 0 Å². The van der Waals surface area contributed by atoms with Gasteiger partial charge in [0.2, 0.25) is 0 Å². The molecule has 0 amide bonds. The largest absolute Gasteiger partial charge is 0.379 e. The Hall–Kier alpha value is -0.880. The Balaban J connectivity index is 0.000000924. The highest BCUT2D eigenvalue weighted by molar-refractivity contribution is 7.81. The van der Waals surface area contributed by atoms with Gasteiger partial charge in [-0.2, -0.15) is 0 Å². The first-order chi connectivity index (χ1) is 10.9. The number of hydrogen-bond acceptors (Lipinski definition) is 3. The van der Waals surface area contributed by atoms with Crippen molar-refractivity contribution >= 4 is 25.6 Å². The van der Waals surface area contributed by atoms with Crippen LogP contribution in [0.4, 0.5) is 8.78 Å². The van der Waals surface area contributed by atoms with Crippen molar-refractivity contribution in [1.29, 1.82) is 0 Å². The van der Waals surface area contributed by atoms with Gasteiger partial charge in [0, 0.05) is 18.2 Å². The van der Waals surface area contributed by atoms with Crippen molar-refractivity contribution in [3.05, 3.63) is 35.4 Å². The summed E-state index contributed by atoms with van der Waals surface area (Å²) in [6.07, 6.45) is 0.536. The van der Waals surface area contributed by atoms with Crippen LogP contribution >= 0.6 is 20.5 Å². The molecule has 128 valence electrons. The minimum atomic E-state index is -1.66. The molecule has 0 bridgehead atoms. The summed E-state index contributed by atoms with van der Waals surface area (Å²) in [5.74, 6) is -1.32. The number of halogens is 2. The molecule has 2 aliphatic heterocycles. The summed E-state index contributed by atoms with van der Waals surface area (Å²) in [6, 6.07) is 3.43. The fourth-order valence-corrected chi connectivity index (χ4v) is 4.87. The van der Waals surface area contributed by atoms with E-state index in [1.807, 2.05) is 20.8 Å². The quantitative estimate of drug-likeness (QED) is 0.529. The van der Waals surface area contributed by atoms with Crippen molar-refractivity contribution in [1.82, 2.24) is 10.4 Å². The molecule has 2 aliphatic rings. The number of thiocarbonyl (C=S) groups is 1. The second-order valence-corrected chi connectivity index (χ2v) is 7.73. The third-order valence-electron chi connectivity index (χ3n) is 4.36. The molecule has 8 heteroatoms. The monoisotopic (exact) mass is 362 g/mol. The lowest BCUT2D eigenvalue weighted by Crippen LogP contribution is -2.70. The number of rotatable bonds is 1. The average Bonchev–Trinajstić information content (AvgIpc) is 2.50. The lowest BCUT2D eigenvalue weighted by molar-refractivity contribution is -0.00219. The van der Waals surface area contributed by atoms with Gasteiger partial charge in [0.15, 0.2) is 5.11 Å². The second-order valence-electron chi connectivity index (χ2n) is 5.48. The third kappa shape index (κ3) is 2.95. The predicted octanol–water partition coefficient (Wildman–Crippen LogP) is 3.15. The summed E-state index contributed by atoms with van der Waals surface area (Å²) in [7, 11) is -1.66. The molecule has 0 aromatic heterocycles. The van der Waals surface area contributed by atoms with Crippen molar-refractivity contribution in [3.63, 3.8) is 0 Å². The maximum Gasteiger partial charge on any atom is 0.172 e. The van der Waals surface area contributed by atoms with Crippen LogP contribution in [0.3, 0.4) is 0 Å². The van der Waals surface area contributed by atoms with Crippen LogP contribution in [-0.2, 0) is 10.3 Å². The molecular weight excluding hydrogens is 341 g/mol. The van der Waals surface area contributed by atoms with E-state index in [1.54, 1.807) is 0 Å². The van der Waals surface area contributed by atoms with Crippen molar-refractivity contribution in [2.75, 3.05) is 13.2 Å². The Labute approximate surface area is 141 Å². The fraction of sp³-hybridized carbons (Fsp3) is 0.533. The summed E-state index contributed by atoms with van der Waals surface area (Å²) in [4.78, 5) is 10.5. The van der Waals surface area contributed by atoms with Crippen molar-refractivity contribution in [2.45, 2.75) is 37.9 Å². The highest BCUT2D eigenvalue weighted by atomic mass is 32.1. The smallest absolute Gasteiger partial charge is 0.172 e. The van der Waals surface area contributed by atoms with Crippen molar-refractivity contribution in [3.8, 4) is 0 Å². The SMILES string of the molecule is CC.CC12CCOCC1(c1ccc(F)cc1F)NC(=S)NP2O. The lowest BCUT2D eigenvalue weighted by Gasteiger charge is -2.57. The van der Waals surface area contributed by atoms with Gasteiger partial charge in [0.05, 0.1) is 11.8 Å². The van der Waals surface area contributed by atoms with Crippen LogP contribution in [0.1, 0.15) is 32.8 Å². The second kappa shape index (κ2) is 6.93. The standard InChI is InChI=1S/C13H15F2N2O2PS.C2H6/c1-12-4-5-19-7-13(12,16-11(21)17-20(12)18)9-3-2-8(14)6-10(9)15;1-2/h2-3,6,18H,4-5,7H2,1H3,(H2,16,17,21);1-2H3. The van der Waals surface area contributed by atoms with E-state index in [1.165, 1.54) is 12.1 Å². The number of fused-ring (bicyclic) bond motifs is 1. The first kappa shape index (κ1) is 18.5. The van der Waals surface area contributed by atoms with E-state index in [0.717, 1.165) is 6.07 Å². The van der Waals surface area contributed by atoms with E-state index in [4.69, 9.17) is 17.0 Å². The molecule has 2 fully saturated rings. The summed E-state index contributed by atoms with van der Waals surface area (Å²) in [5.41, 5.74) is -0.747. The maximum atomic E-state index is 14.4. The van der Waals surface area contributed by atoms with Gasteiger partial charge in [-0.3, -0.25) is 0 Å². The van der Waals surface area contributed by atoms with E-state index in [-0.39, 0.29) is 17.3 Å². The zero-order chi connectivity index (χ0) is 17.3. The number of hydrogen-bond donors (Lipinski definition) is 3. The summed E-state index contributed by atoms with van der Waals surface area (Å²) in [6.45, 7) is 6.50. The van der Waals surface area contributed by atoms with E-state index in [2.05, 4.69) is 10.4 Å². The predicted molar refractivity (Wildman–Crippen MR) is 91.2 cm³/mol. The molecule has 3 N–H and O–H groups in total. The van der Waals surface area contributed by atoms with Gasteiger partial charge < -0.3 is 20.0 Å². The number of ether oxygens (including phenoxy) is 1. The highest BCUT2D eigenvalue weighted by Crippen LogP contribution is 2.59. The zero-order valence-electron chi connectivity index (χ0n) is 13.3. The van der Waals surface area contributed by atoms with Gasteiger partial charge in [0.1, 0.15) is 25.5 Å². The van der Waals surface area contributed by atoms with Crippen LogP contribution in [-0.4, -0.2) is 28.4 Å². The summed E-state index contributed by atoms with van der Waals surface area (Å²) >= 11 is 5.12. The van der Waals surface area contributed by atoms with Gasteiger partial charge in [-0.25, -0.2) is 8.78 Å². The molecule has 0 aliphatic carbocycles. The van der Waals surface area contributed by atoms with Crippen LogP contribution in [0, 0.1) is 11.6 Å². The molecule has 0 radical (unpaired) electrons. The highest BCUT2D eigenvalue weighted by Gasteiger charge is 2.60. The fourth-order valence-electron chi connectivity index (χ4n) is 3.03. The van der Waals surface area contributed by atoms with Gasteiger partial charge in [0.25, 0.3) is 0 Å². The maximum absolute atomic E-state index is 14.4. The van der Waals surface area contributed by atoms with Crippen molar-refractivity contribution in [2.24, 2.45) is 0 Å². The van der Waals surface area contributed by atoms with Crippen molar-refractivity contribution < 1.29 is 18.4 Å². The molecule has 4 nitrogen and oxygen atoms in total. The molecule has 1 aromatic carbocycles. The Bertz CT molecular complexity index is 607. The van der Waals surface area contributed by atoms with Crippen LogP contribution in [0.5, 0.6) is 0 Å². The Morgan fingerprint density at radius 1 is 1.35 bits per heavy atom. The Morgan fingerprint density at radius 2 is 2.04 bits per heavy atom. The molecule has 2 heterocycles. The summed E-state index contributed by atoms with van der Waals surface area (Å²) in [5, 5.41) is 5.47. The molecule has 0 saturated carbocycles. The molecule has 3 rings (SSSR count). The minimum absolute atomic E-state index is 0.160.